The zero-order valence-corrected chi connectivity index (χ0v) is 8.60. The van der Waals surface area contributed by atoms with Crippen molar-refractivity contribution in [2.45, 2.75) is 31.3 Å². The van der Waals surface area contributed by atoms with Gasteiger partial charge in [-0.1, -0.05) is 12.1 Å². The number of hydrogen-bond donors (Lipinski definition) is 2. The second-order valence-corrected chi connectivity index (χ2v) is 4.21. The Morgan fingerprint density at radius 3 is 2.20 bits per heavy atom. The SMILES string of the molecule is CC(O)C1(c2ccc(C(=O)O)cc2)CC1. The summed E-state index contributed by atoms with van der Waals surface area (Å²) in [6.45, 7) is 1.79. The van der Waals surface area contributed by atoms with Crippen molar-refractivity contribution < 1.29 is 15.0 Å². The average Bonchev–Trinajstić information content (AvgIpc) is 2.98. The van der Waals surface area contributed by atoms with E-state index < -0.39 is 5.97 Å². The van der Waals surface area contributed by atoms with Crippen LogP contribution in [-0.4, -0.2) is 22.3 Å². The van der Waals surface area contributed by atoms with Crippen LogP contribution in [0, 0.1) is 0 Å². The van der Waals surface area contributed by atoms with E-state index in [2.05, 4.69) is 0 Å². The highest BCUT2D eigenvalue weighted by atomic mass is 16.4. The molecule has 1 fully saturated rings. The van der Waals surface area contributed by atoms with Crippen LogP contribution >= 0.6 is 0 Å². The van der Waals surface area contributed by atoms with Gasteiger partial charge in [-0.15, -0.1) is 0 Å². The summed E-state index contributed by atoms with van der Waals surface area (Å²) in [7, 11) is 0. The molecule has 3 nitrogen and oxygen atoms in total. The van der Waals surface area contributed by atoms with Crippen LogP contribution < -0.4 is 0 Å². The third-order valence-electron chi connectivity index (χ3n) is 3.30. The van der Waals surface area contributed by atoms with E-state index in [-0.39, 0.29) is 11.5 Å². The Hall–Kier alpha value is -1.35. The maximum absolute atomic E-state index is 10.7. The molecule has 1 aromatic rings. The van der Waals surface area contributed by atoms with Crippen molar-refractivity contribution in [1.29, 1.82) is 0 Å². The molecular formula is C12H14O3. The van der Waals surface area contributed by atoms with Gasteiger partial charge in [0.1, 0.15) is 0 Å². The predicted octanol–water partition coefficient (Wildman–Crippen LogP) is 1.80. The second kappa shape index (κ2) is 3.35. The summed E-state index contributed by atoms with van der Waals surface area (Å²) >= 11 is 0. The van der Waals surface area contributed by atoms with Gasteiger partial charge in [-0.2, -0.15) is 0 Å². The Balaban J connectivity index is 2.28. The first-order valence-corrected chi connectivity index (χ1v) is 5.08. The predicted molar refractivity (Wildman–Crippen MR) is 56.0 cm³/mol. The monoisotopic (exact) mass is 206 g/mol. The summed E-state index contributed by atoms with van der Waals surface area (Å²) in [6, 6.07) is 6.81. The molecule has 0 amide bonds. The number of benzene rings is 1. The minimum absolute atomic E-state index is 0.114. The van der Waals surface area contributed by atoms with Crippen LogP contribution in [0.15, 0.2) is 24.3 Å². The first kappa shape index (κ1) is 10.2. The van der Waals surface area contributed by atoms with Gasteiger partial charge in [0.15, 0.2) is 0 Å². The maximum atomic E-state index is 10.7. The van der Waals surface area contributed by atoms with Crippen molar-refractivity contribution in [2.75, 3.05) is 0 Å². The quantitative estimate of drug-likeness (QED) is 0.792. The molecule has 80 valence electrons. The fourth-order valence-corrected chi connectivity index (χ4v) is 2.03. The van der Waals surface area contributed by atoms with Crippen molar-refractivity contribution in [3.05, 3.63) is 35.4 Å². The molecule has 1 atom stereocenters. The molecule has 1 aliphatic carbocycles. The highest BCUT2D eigenvalue weighted by molar-refractivity contribution is 5.87. The zero-order valence-electron chi connectivity index (χ0n) is 8.60. The van der Waals surface area contributed by atoms with Crippen LogP contribution in [0.4, 0.5) is 0 Å². The lowest BCUT2D eigenvalue weighted by molar-refractivity contribution is 0.0697. The van der Waals surface area contributed by atoms with E-state index in [1.165, 1.54) is 0 Å². The molecule has 0 heterocycles. The van der Waals surface area contributed by atoms with Gasteiger partial charge in [0, 0.05) is 5.41 Å². The van der Waals surface area contributed by atoms with Gasteiger partial charge in [-0.3, -0.25) is 0 Å². The van der Waals surface area contributed by atoms with Gasteiger partial charge in [-0.25, -0.2) is 4.79 Å². The molecule has 0 aliphatic heterocycles. The summed E-state index contributed by atoms with van der Waals surface area (Å²) < 4.78 is 0. The van der Waals surface area contributed by atoms with Crippen LogP contribution in [0.2, 0.25) is 0 Å². The standard InChI is InChI=1S/C12H14O3/c1-8(13)12(6-7-12)10-4-2-9(3-5-10)11(14)15/h2-5,8,13H,6-7H2,1H3,(H,14,15). The first-order chi connectivity index (χ1) is 7.06. The lowest BCUT2D eigenvalue weighted by atomic mass is 9.90. The van der Waals surface area contributed by atoms with E-state index in [0.29, 0.717) is 5.56 Å². The van der Waals surface area contributed by atoms with Crippen LogP contribution in [0.25, 0.3) is 0 Å². The van der Waals surface area contributed by atoms with Crippen LogP contribution in [-0.2, 0) is 5.41 Å². The van der Waals surface area contributed by atoms with Gasteiger partial charge >= 0.3 is 5.97 Å². The summed E-state index contributed by atoms with van der Waals surface area (Å²) in [5.74, 6) is -0.913. The molecule has 2 N–H and O–H groups in total. The Bertz CT molecular complexity index is 374. The smallest absolute Gasteiger partial charge is 0.335 e. The van der Waals surface area contributed by atoms with Gasteiger partial charge in [0.25, 0.3) is 0 Å². The third kappa shape index (κ3) is 1.63. The fraction of sp³-hybridized carbons (Fsp3) is 0.417. The normalized spacial score (nSPS) is 19.6. The molecule has 1 saturated carbocycles. The molecular weight excluding hydrogens is 192 g/mol. The number of rotatable bonds is 3. The van der Waals surface area contributed by atoms with Crippen LogP contribution in [0.3, 0.4) is 0 Å². The summed E-state index contributed by atoms with van der Waals surface area (Å²) in [5, 5.41) is 18.4. The molecule has 2 rings (SSSR count). The molecule has 0 bridgehead atoms. The van der Waals surface area contributed by atoms with E-state index in [9.17, 15) is 9.90 Å². The number of aliphatic hydroxyl groups excluding tert-OH is 1. The van der Waals surface area contributed by atoms with E-state index in [0.717, 1.165) is 18.4 Å². The topological polar surface area (TPSA) is 57.5 Å². The minimum Gasteiger partial charge on any atom is -0.478 e. The molecule has 3 heteroatoms. The number of aromatic carboxylic acids is 1. The fourth-order valence-electron chi connectivity index (χ4n) is 2.03. The minimum atomic E-state index is -0.913. The number of carboxylic acid groups (broad SMARTS) is 1. The largest absolute Gasteiger partial charge is 0.478 e. The highest BCUT2D eigenvalue weighted by Gasteiger charge is 2.48. The van der Waals surface area contributed by atoms with Crippen molar-refractivity contribution in [3.63, 3.8) is 0 Å². The first-order valence-electron chi connectivity index (χ1n) is 5.08. The third-order valence-corrected chi connectivity index (χ3v) is 3.30. The van der Waals surface area contributed by atoms with E-state index >= 15 is 0 Å². The number of carboxylic acids is 1. The highest BCUT2D eigenvalue weighted by Crippen LogP contribution is 2.50. The second-order valence-electron chi connectivity index (χ2n) is 4.21. The van der Waals surface area contributed by atoms with E-state index in [1.807, 2.05) is 12.1 Å². The van der Waals surface area contributed by atoms with Crippen LogP contribution in [0.5, 0.6) is 0 Å². The lowest BCUT2D eigenvalue weighted by Gasteiger charge is -2.18. The molecule has 1 unspecified atom stereocenters. The lowest BCUT2D eigenvalue weighted by Crippen LogP contribution is -2.22. The molecule has 0 radical (unpaired) electrons. The van der Waals surface area contributed by atoms with Crippen molar-refractivity contribution in [1.82, 2.24) is 0 Å². The zero-order chi connectivity index (χ0) is 11.1. The molecule has 1 aliphatic rings. The number of carbonyl (C=O) groups is 1. The van der Waals surface area contributed by atoms with E-state index in [1.54, 1.807) is 19.1 Å². The summed E-state index contributed by atoms with van der Waals surface area (Å²) in [5.41, 5.74) is 1.22. The Kier molecular flexibility index (Phi) is 2.27. The van der Waals surface area contributed by atoms with Crippen molar-refractivity contribution in [2.24, 2.45) is 0 Å². The maximum Gasteiger partial charge on any atom is 0.335 e. The number of aliphatic hydroxyl groups is 1. The Labute approximate surface area is 88.4 Å². The van der Waals surface area contributed by atoms with Crippen molar-refractivity contribution >= 4 is 5.97 Å². The molecule has 1 aromatic carbocycles. The van der Waals surface area contributed by atoms with E-state index in [4.69, 9.17) is 5.11 Å². The average molecular weight is 206 g/mol. The molecule has 15 heavy (non-hydrogen) atoms. The van der Waals surface area contributed by atoms with Gasteiger partial charge in [0.05, 0.1) is 11.7 Å². The molecule has 0 spiro atoms. The Morgan fingerprint density at radius 1 is 1.33 bits per heavy atom. The molecule has 0 saturated heterocycles. The van der Waals surface area contributed by atoms with Gasteiger partial charge in [0.2, 0.25) is 0 Å². The van der Waals surface area contributed by atoms with Gasteiger partial charge < -0.3 is 10.2 Å². The van der Waals surface area contributed by atoms with Crippen molar-refractivity contribution in [3.8, 4) is 0 Å². The Morgan fingerprint density at radius 2 is 1.87 bits per heavy atom. The van der Waals surface area contributed by atoms with Gasteiger partial charge in [-0.05, 0) is 37.5 Å². The number of hydrogen-bond acceptors (Lipinski definition) is 2. The van der Waals surface area contributed by atoms with Crippen LogP contribution in [0.1, 0.15) is 35.7 Å². The summed E-state index contributed by atoms with van der Waals surface area (Å²) in [4.78, 5) is 10.7. The summed E-state index contributed by atoms with van der Waals surface area (Å²) in [6.07, 6.45) is 1.60. The molecule has 0 aromatic heterocycles.